The van der Waals surface area contributed by atoms with Crippen LogP contribution in [0.3, 0.4) is 0 Å². The first-order chi connectivity index (χ1) is 5.04. The lowest BCUT2D eigenvalue weighted by Gasteiger charge is -2.18. The van der Waals surface area contributed by atoms with Crippen LogP contribution < -0.4 is 0 Å². The van der Waals surface area contributed by atoms with Gasteiger partial charge in [-0.15, -0.1) is 0 Å². The molecule has 1 rings (SSSR count). The lowest BCUT2D eigenvalue weighted by atomic mass is 10.1. The Labute approximate surface area is 79.6 Å². The maximum Gasteiger partial charge on any atom is 0.232 e. The van der Waals surface area contributed by atoms with Gasteiger partial charge in [-0.1, -0.05) is 6.92 Å². The highest BCUT2D eigenvalue weighted by atomic mass is 32.1. The summed E-state index contributed by atoms with van der Waals surface area (Å²) in [6.45, 7) is 5.50. The van der Waals surface area contributed by atoms with Crippen LogP contribution in [0.5, 0.6) is 0 Å². The second-order valence-corrected chi connectivity index (χ2v) is 3.30. The number of imide groups is 1. The van der Waals surface area contributed by atoms with Gasteiger partial charge in [0.1, 0.15) is 0 Å². The van der Waals surface area contributed by atoms with Crippen LogP contribution in [0.4, 0.5) is 0 Å². The molecule has 4 heteroatoms. The standard InChI is InChI=1S/C8H13NO2.H2S/c1-5(2)9-7(10)4-6(3)8(9)11;/h5-6H,4H2,1-3H3;1H2. The van der Waals surface area contributed by atoms with E-state index in [2.05, 4.69) is 0 Å². The van der Waals surface area contributed by atoms with Crippen molar-refractivity contribution in [3.05, 3.63) is 0 Å². The number of hydrogen-bond donors (Lipinski definition) is 0. The molecule has 1 unspecified atom stereocenters. The minimum absolute atomic E-state index is 0. The highest BCUT2D eigenvalue weighted by Gasteiger charge is 2.36. The van der Waals surface area contributed by atoms with Crippen molar-refractivity contribution in [3.8, 4) is 0 Å². The number of hydrogen-bond acceptors (Lipinski definition) is 2. The van der Waals surface area contributed by atoms with Crippen LogP contribution in [-0.2, 0) is 9.59 Å². The van der Waals surface area contributed by atoms with Crippen LogP contribution in [0, 0.1) is 5.92 Å². The fraction of sp³-hybridized carbons (Fsp3) is 0.750. The van der Waals surface area contributed by atoms with Gasteiger partial charge < -0.3 is 0 Å². The van der Waals surface area contributed by atoms with E-state index in [0.29, 0.717) is 6.42 Å². The molecule has 0 aromatic rings. The van der Waals surface area contributed by atoms with E-state index in [9.17, 15) is 9.59 Å². The van der Waals surface area contributed by atoms with Crippen LogP contribution in [0.2, 0.25) is 0 Å². The van der Waals surface area contributed by atoms with Gasteiger partial charge in [0.15, 0.2) is 0 Å². The lowest BCUT2D eigenvalue weighted by molar-refractivity contribution is -0.141. The van der Waals surface area contributed by atoms with Crippen LogP contribution >= 0.6 is 13.5 Å². The Kier molecular flexibility index (Phi) is 3.77. The molecule has 1 saturated heterocycles. The van der Waals surface area contributed by atoms with Crippen molar-refractivity contribution in [2.75, 3.05) is 0 Å². The van der Waals surface area contributed by atoms with Crippen LogP contribution in [-0.4, -0.2) is 22.8 Å². The maximum atomic E-state index is 11.3. The molecule has 0 N–H and O–H groups in total. The minimum Gasteiger partial charge on any atom is -0.280 e. The molecule has 1 aliphatic rings. The van der Waals surface area contributed by atoms with Crippen molar-refractivity contribution >= 4 is 25.3 Å². The molecule has 0 aliphatic carbocycles. The van der Waals surface area contributed by atoms with Crippen molar-refractivity contribution in [3.63, 3.8) is 0 Å². The van der Waals surface area contributed by atoms with Crippen LogP contribution in [0.1, 0.15) is 27.2 Å². The summed E-state index contributed by atoms with van der Waals surface area (Å²) in [6.07, 6.45) is 0.386. The molecule has 1 atom stereocenters. The fourth-order valence-corrected chi connectivity index (χ4v) is 1.35. The maximum absolute atomic E-state index is 11.3. The fourth-order valence-electron chi connectivity index (χ4n) is 1.35. The number of nitrogens with zero attached hydrogens (tertiary/aromatic N) is 1. The van der Waals surface area contributed by atoms with E-state index in [1.807, 2.05) is 13.8 Å². The molecule has 1 heterocycles. The molecule has 0 saturated carbocycles. The Hall–Kier alpha value is -0.510. The van der Waals surface area contributed by atoms with E-state index in [0.717, 1.165) is 0 Å². The number of likely N-dealkylation sites (tertiary alicyclic amines) is 1. The lowest BCUT2D eigenvalue weighted by Crippen LogP contribution is -2.36. The summed E-state index contributed by atoms with van der Waals surface area (Å²) in [5, 5.41) is 0. The smallest absolute Gasteiger partial charge is 0.232 e. The van der Waals surface area contributed by atoms with Crippen LogP contribution in [0.25, 0.3) is 0 Å². The summed E-state index contributed by atoms with van der Waals surface area (Å²) in [5.41, 5.74) is 0. The third-order valence-corrected chi connectivity index (χ3v) is 1.92. The topological polar surface area (TPSA) is 37.4 Å². The van der Waals surface area contributed by atoms with Gasteiger partial charge >= 0.3 is 0 Å². The van der Waals surface area contributed by atoms with Crippen LogP contribution in [0.15, 0.2) is 0 Å². The quantitative estimate of drug-likeness (QED) is 0.575. The summed E-state index contributed by atoms with van der Waals surface area (Å²) < 4.78 is 0. The highest BCUT2D eigenvalue weighted by molar-refractivity contribution is 7.59. The molecule has 0 aromatic heterocycles. The van der Waals surface area contributed by atoms with Gasteiger partial charge in [-0.2, -0.15) is 13.5 Å². The molecule has 0 aromatic carbocycles. The van der Waals surface area contributed by atoms with Gasteiger partial charge in [0.25, 0.3) is 0 Å². The molecule has 1 aliphatic heterocycles. The third kappa shape index (κ3) is 1.80. The third-order valence-electron chi connectivity index (χ3n) is 1.92. The average Bonchev–Trinajstić information content (AvgIpc) is 2.07. The summed E-state index contributed by atoms with van der Waals surface area (Å²) in [4.78, 5) is 23.8. The highest BCUT2D eigenvalue weighted by Crippen LogP contribution is 2.20. The molecule has 3 nitrogen and oxygen atoms in total. The predicted octanol–water partition coefficient (Wildman–Crippen LogP) is 0.903. The summed E-state index contributed by atoms with van der Waals surface area (Å²) in [6, 6.07) is 0.0138. The SMILES string of the molecule is CC1CC(=O)N(C(C)C)C1=O.S. The number of carbonyl (C=O) groups is 2. The van der Waals surface area contributed by atoms with Gasteiger partial charge in [0.05, 0.1) is 0 Å². The number of rotatable bonds is 1. The first-order valence-corrected chi connectivity index (χ1v) is 3.90. The molecular weight excluding hydrogens is 174 g/mol. The first kappa shape index (κ1) is 11.5. The van der Waals surface area contributed by atoms with Gasteiger partial charge in [0, 0.05) is 18.4 Å². The molecule has 2 amide bonds. The Balaban J connectivity index is 0.00000121. The Morgan fingerprint density at radius 2 is 1.92 bits per heavy atom. The van der Waals surface area contributed by atoms with Crippen molar-refractivity contribution in [2.24, 2.45) is 5.92 Å². The van der Waals surface area contributed by atoms with E-state index >= 15 is 0 Å². The second kappa shape index (κ2) is 3.94. The minimum atomic E-state index is -0.107. The van der Waals surface area contributed by atoms with E-state index < -0.39 is 0 Å². The molecule has 0 bridgehead atoms. The zero-order valence-corrected chi connectivity index (χ0v) is 8.63. The summed E-state index contributed by atoms with van der Waals surface area (Å²) >= 11 is 0. The second-order valence-electron chi connectivity index (χ2n) is 3.30. The Morgan fingerprint density at radius 1 is 1.42 bits per heavy atom. The van der Waals surface area contributed by atoms with E-state index in [4.69, 9.17) is 0 Å². The monoisotopic (exact) mass is 189 g/mol. The van der Waals surface area contributed by atoms with Gasteiger partial charge in [-0.05, 0) is 13.8 Å². The first-order valence-electron chi connectivity index (χ1n) is 3.90. The Morgan fingerprint density at radius 3 is 2.08 bits per heavy atom. The molecule has 70 valence electrons. The predicted molar refractivity (Wildman–Crippen MR) is 51.2 cm³/mol. The van der Waals surface area contributed by atoms with Gasteiger partial charge in [-0.3, -0.25) is 14.5 Å². The summed E-state index contributed by atoms with van der Waals surface area (Å²) in [5.74, 6) is -0.160. The average molecular weight is 189 g/mol. The summed E-state index contributed by atoms with van der Waals surface area (Å²) in [7, 11) is 0. The van der Waals surface area contributed by atoms with Crippen molar-refractivity contribution in [1.82, 2.24) is 4.90 Å². The number of carbonyl (C=O) groups excluding carboxylic acids is 2. The molecule has 0 radical (unpaired) electrons. The molecular formula is C8H15NO2S. The largest absolute Gasteiger partial charge is 0.280 e. The molecule has 12 heavy (non-hydrogen) atoms. The van der Waals surface area contributed by atoms with E-state index in [1.165, 1.54) is 4.90 Å². The zero-order chi connectivity index (χ0) is 8.59. The van der Waals surface area contributed by atoms with Crippen molar-refractivity contribution in [1.29, 1.82) is 0 Å². The molecule has 1 fully saturated rings. The van der Waals surface area contributed by atoms with Gasteiger partial charge in [0.2, 0.25) is 11.8 Å². The normalized spacial score (nSPS) is 23.3. The van der Waals surface area contributed by atoms with E-state index in [1.54, 1.807) is 6.92 Å². The van der Waals surface area contributed by atoms with Crippen molar-refractivity contribution < 1.29 is 9.59 Å². The molecule has 0 spiro atoms. The van der Waals surface area contributed by atoms with E-state index in [-0.39, 0.29) is 37.3 Å². The zero-order valence-electron chi connectivity index (χ0n) is 7.63. The van der Waals surface area contributed by atoms with Crippen molar-refractivity contribution in [2.45, 2.75) is 33.2 Å². The Bertz CT molecular complexity index is 203. The van der Waals surface area contributed by atoms with Gasteiger partial charge in [-0.25, -0.2) is 0 Å². The number of amides is 2.